The molecule has 0 radical (unpaired) electrons. The molecule has 2 aromatic carbocycles. The van der Waals surface area contributed by atoms with Crippen LogP contribution in [0.3, 0.4) is 0 Å². The number of rotatable bonds is 3. The van der Waals surface area contributed by atoms with Gasteiger partial charge in [0.15, 0.2) is 0 Å². The summed E-state index contributed by atoms with van der Waals surface area (Å²) in [4.78, 5) is 4.31. The Morgan fingerprint density at radius 1 is 0.750 bits per heavy atom. The molecular formula is C15H13N. The predicted molar refractivity (Wildman–Crippen MR) is 70.1 cm³/mol. The SMILES string of the molecule is C(=Cc1ccccc1)C=Nc1ccccc1. The Morgan fingerprint density at radius 2 is 1.38 bits per heavy atom. The van der Waals surface area contributed by atoms with Crippen molar-refractivity contribution < 1.29 is 0 Å². The van der Waals surface area contributed by atoms with Gasteiger partial charge in [-0.2, -0.15) is 0 Å². The highest BCUT2D eigenvalue weighted by Crippen LogP contribution is 2.08. The molecule has 1 nitrogen and oxygen atoms in total. The molecule has 0 spiro atoms. The first-order valence-corrected chi connectivity index (χ1v) is 5.26. The van der Waals surface area contributed by atoms with Crippen LogP contribution in [0.4, 0.5) is 5.69 Å². The lowest BCUT2D eigenvalue weighted by molar-refractivity contribution is 1.54. The quantitative estimate of drug-likeness (QED) is 0.672. The minimum Gasteiger partial charge on any atom is -0.257 e. The fourth-order valence-corrected chi connectivity index (χ4v) is 1.36. The summed E-state index contributed by atoms with van der Waals surface area (Å²) < 4.78 is 0. The van der Waals surface area contributed by atoms with Crippen LogP contribution < -0.4 is 0 Å². The fraction of sp³-hybridized carbons (Fsp3) is 0. The molecule has 78 valence electrons. The molecule has 0 fully saturated rings. The van der Waals surface area contributed by atoms with E-state index in [0.29, 0.717) is 0 Å². The summed E-state index contributed by atoms with van der Waals surface area (Å²) in [6.45, 7) is 0. The summed E-state index contributed by atoms with van der Waals surface area (Å²) >= 11 is 0. The molecule has 1 heteroatoms. The van der Waals surface area contributed by atoms with Gasteiger partial charge in [0.2, 0.25) is 0 Å². The van der Waals surface area contributed by atoms with Gasteiger partial charge in [-0.3, -0.25) is 4.99 Å². The normalized spacial score (nSPS) is 11.2. The van der Waals surface area contributed by atoms with Crippen molar-refractivity contribution in [3.05, 3.63) is 72.3 Å². The third kappa shape index (κ3) is 3.21. The van der Waals surface area contributed by atoms with Crippen molar-refractivity contribution in [3.63, 3.8) is 0 Å². The summed E-state index contributed by atoms with van der Waals surface area (Å²) in [5.74, 6) is 0. The van der Waals surface area contributed by atoms with Gasteiger partial charge in [-0.1, -0.05) is 54.6 Å². The summed E-state index contributed by atoms with van der Waals surface area (Å²) in [7, 11) is 0. The number of hydrogen-bond donors (Lipinski definition) is 0. The van der Waals surface area contributed by atoms with Crippen LogP contribution in [0.2, 0.25) is 0 Å². The molecule has 0 aliphatic carbocycles. The maximum absolute atomic E-state index is 4.31. The van der Waals surface area contributed by atoms with Crippen LogP contribution in [0, 0.1) is 0 Å². The van der Waals surface area contributed by atoms with Crippen LogP contribution in [-0.4, -0.2) is 6.21 Å². The maximum atomic E-state index is 4.31. The van der Waals surface area contributed by atoms with Crippen LogP contribution in [0.25, 0.3) is 6.08 Å². The van der Waals surface area contributed by atoms with Crippen LogP contribution >= 0.6 is 0 Å². The zero-order chi connectivity index (χ0) is 11.1. The molecule has 0 aromatic heterocycles. The van der Waals surface area contributed by atoms with E-state index in [1.165, 1.54) is 5.56 Å². The van der Waals surface area contributed by atoms with E-state index in [1.54, 1.807) is 0 Å². The van der Waals surface area contributed by atoms with Crippen molar-refractivity contribution in [2.75, 3.05) is 0 Å². The van der Waals surface area contributed by atoms with Gasteiger partial charge in [0.05, 0.1) is 5.69 Å². The second-order valence-corrected chi connectivity index (χ2v) is 3.38. The number of hydrogen-bond acceptors (Lipinski definition) is 1. The fourth-order valence-electron chi connectivity index (χ4n) is 1.36. The number of allylic oxidation sites excluding steroid dienone is 1. The van der Waals surface area contributed by atoms with Crippen molar-refractivity contribution in [2.24, 2.45) is 4.99 Å². The lowest BCUT2D eigenvalue weighted by Gasteiger charge is -1.90. The Labute approximate surface area is 95.8 Å². The maximum Gasteiger partial charge on any atom is 0.0629 e. The van der Waals surface area contributed by atoms with Crippen LogP contribution in [0.1, 0.15) is 5.56 Å². The molecular weight excluding hydrogens is 194 g/mol. The Balaban J connectivity index is 1.98. The van der Waals surface area contributed by atoms with E-state index in [4.69, 9.17) is 0 Å². The zero-order valence-corrected chi connectivity index (χ0v) is 8.95. The van der Waals surface area contributed by atoms with Gasteiger partial charge >= 0.3 is 0 Å². The number of benzene rings is 2. The molecule has 0 saturated heterocycles. The Hall–Kier alpha value is -2.15. The van der Waals surface area contributed by atoms with Crippen molar-refractivity contribution in [1.29, 1.82) is 0 Å². The molecule has 0 N–H and O–H groups in total. The highest BCUT2D eigenvalue weighted by molar-refractivity contribution is 5.80. The van der Waals surface area contributed by atoms with E-state index >= 15 is 0 Å². The first-order chi connectivity index (χ1) is 7.95. The van der Waals surface area contributed by atoms with Crippen molar-refractivity contribution >= 4 is 18.0 Å². The van der Waals surface area contributed by atoms with Crippen molar-refractivity contribution in [1.82, 2.24) is 0 Å². The highest BCUT2D eigenvalue weighted by atomic mass is 14.7. The largest absolute Gasteiger partial charge is 0.257 e. The van der Waals surface area contributed by atoms with E-state index in [-0.39, 0.29) is 0 Å². The molecule has 0 aliphatic heterocycles. The summed E-state index contributed by atoms with van der Waals surface area (Å²) in [6, 6.07) is 20.1. The molecule has 0 heterocycles. The second-order valence-electron chi connectivity index (χ2n) is 3.38. The first kappa shape index (κ1) is 10.4. The minimum atomic E-state index is 0.972. The first-order valence-electron chi connectivity index (χ1n) is 5.26. The standard InChI is InChI=1S/C15H13N/c1-3-8-14(9-4-1)10-7-13-16-15-11-5-2-6-12-15/h1-13H. The number of para-hydroxylation sites is 1. The lowest BCUT2D eigenvalue weighted by atomic mass is 10.2. The average Bonchev–Trinajstić information content (AvgIpc) is 2.37. The van der Waals surface area contributed by atoms with E-state index in [2.05, 4.69) is 17.1 Å². The van der Waals surface area contributed by atoms with Crippen molar-refractivity contribution in [2.45, 2.75) is 0 Å². The van der Waals surface area contributed by atoms with Crippen LogP contribution in [0.15, 0.2) is 71.7 Å². The minimum absolute atomic E-state index is 0.972. The summed E-state index contributed by atoms with van der Waals surface area (Å²) in [5, 5.41) is 0. The molecule has 0 bridgehead atoms. The van der Waals surface area contributed by atoms with E-state index in [1.807, 2.05) is 66.9 Å². The summed E-state index contributed by atoms with van der Waals surface area (Å²) in [6.07, 6.45) is 5.79. The van der Waals surface area contributed by atoms with E-state index in [0.717, 1.165) is 5.69 Å². The van der Waals surface area contributed by atoms with Gasteiger partial charge in [-0.05, 0) is 23.8 Å². The predicted octanol–water partition coefficient (Wildman–Crippen LogP) is 4.10. The van der Waals surface area contributed by atoms with Gasteiger partial charge in [0.25, 0.3) is 0 Å². The van der Waals surface area contributed by atoms with Gasteiger partial charge in [0, 0.05) is 6.21 Å². The van der Waals surface area contributed by atoms with Gasteiger partial charge in [0.1, 0.15) is 0 Å². The third-order valence-electron chi connectivity index (χ3n) is 2.15. The Bertz CT molecular complexity index is 422. The van der Waals surface area contributed by atoms with Crippen molar-refractivity contribution in [3.8, 4) is 0 Å². The molecule has 2 rings (SSSR count). The van der Waals surface area contributed by atoms with E-state index in [9.17, 15) is 0 Å². The lowest BCUT2D eigenvalue weighted by Crippen LogP contribution is -1.69. The average molecular weight is 207 g/mol. The highest BCUT2D eigenvalue weighted by Gasteiger charge is 1.82. The topological polar surface area (TPSA) is 12.4 Å². The van der Waals surface area contributed by atoms with Gasteiger partial charge < -0.3 is 0 Å². The third-order valence-corrected chi connectivity index (χ3v) is 2.15. The molecule has 0 amide bonds. The van der Waals surface area contributed by atoms with E-state index < -0.39 is 0 Å². The molecule has 0 unspecified atom stereocenters. The number of aliphatic imine (C=N–C) groups is 1. The molecule has 16 heavy (non-hydrogen) atoms. The summed E-state index contributed by atoms with van der Waals surface area (Å²) in [5.41, 5.74) is 2.15. The molecule has 0 saturated carbocycles. The second kappa shape index (κ2) is 5.66. The van der Waals surface area contributed by atoms with Crippen LogP contribution in [0.5, 0.6) is 0 Å². The molecule has 0 atom stereocenters. The zero-order valence-electron chi connectivity index (χ0n) is 8.95. The monoisotopic (exact) mass is 207 g/mol. The molecule has 2 aromatic rings. The Morgan fingerprint density at radius 3 is 2.06 bits per heavy atom. The smallest absolute Gasteiger partial charge is 0.0629 e. The van der Waals surface area contributed by atoms with Gasteiger partial charge in [-0.25, -0.2) is 0 Å². The van der Waals surface area contributed by atoms with Crippen LogP contribution in [-0.2, 0) is 0 Å². The molecule has 0 aliphatic rings. The number of nitrogens with zero attached hydrogens (tertiary/aromatic N) is 1. The van der Waals surface area contributed by atoms with Gasteiger partial charge in [-0.15, -0.1) is 0 Å². The Kier molecular flexibility index (Phi) is 3.67.